The predicted octanol–water partition coefficient (Wildman–Crippen LogP) is 0.608. The van der Waals surface area contributed by atoms with Gasteiger partial charge in [0.15, 0.2) is 5.69 Å². The standard InChI is InChI=1S/C20H26N4O4/c1-27-16-4-2-15(3-5-16)24-18-6-9-28-13-17(18)19(22-24)20(26)23-8-7-21-10-14(11-23)12-25/h2-5,14,21,25H,6-13H2,1H3/t14-/m1/s1. The van der Waals surface area contributed by atoms with Gasteiger partial charge in [0.25, 0.3) is 5.91 Å². The van der Waals surface area contributed by atoms with Crippen molar-refractivity contribution in [2.75, 3.05) is 46.5 Å². The first-order valence-corrected chi connectivity index (χ1v) is 9.65. The number of nitrogens with zero attached hydrogens (tertiary/aromatic N) is 3. The molecule has 0 aliphatic carbocycles. The molecule has 0 spiro atoms. The Balaban J connectivity index is 1.68. The second kappa shape index (κ2) is 8.30. The minimum atomic E-state index is -0.101. The smallest absolute Gasteiger partial charge is 0.274 e. The highest BCUT2D eigenvalue weighted by Crippen LogP contribution is 2.26. The maximum Gasteiger partial charge on any atom is 0.274 e. The molecule has 4 rings (SSSR count). The number of nitrogens with one attached hydrogen (secondary N) is 1. The third-order valence-corrected chi connectivity index (χ3v) is 5.35. The highest BCUT2D eigenvalue weighted by molar-refractivity contribution is 5.94. The van der Waals surface area contributed by atoms with Crippen molar-refractivity contribution in [1.82, 2.24) is 20.0 Å². The molecule has 1 amide bonds. The summed E-state index contributed by atoms with van der Waals surface area (Å²) in [5.41, 5.74) is 3.23. The van der Waals surface area contributed by atoms with E-state index in [1.807, 2.05) is 28.9 Å². The summed E-state index contributed by atoms with van der Waals surface area (Å²) in [6.07, 6.45) is 0.711. The third kappa shape index (κ3) is 3.63. The Hall–Kier alpha value is -2.42. The number of aromatic nitrogens is 2. The van der Waals surface area contributed by atoms with E-state index in [1.165, 1.54) is 0 Å². The fourth-order valence-electron chi connectivity index (χ4n) is 3.79. The van der Waals surface area contributed by atoms with Crippen molar-refractivity contribution in [3.63, 3.8) is 0 Å². The van der Waals surface area contributed by atoms with Crippen LogP contribution in [0.3, 0.4) is 0 Å². The van der Waals surface area contributed by atoms with Crippen molar-refractivity contribution in [3.05, 3.63) is 41.2 Å². The van der Waals surface area contributed by atoms with Crippen LogP contribution in [0.2, 0.25) is 0 Å². The maximum absolute atomic E-state index is 13.3. The first-order valence-electron chi connectivity index (χ1n) is 9.65. The Labute approximate surface area is 164 Å². The Kier molecular flexibility index (Phi) is 5.61. The van der Waals surface area contributed by atoms with Gasteiger partial charge in [-0.15, -0.1) is 0 Å². The summed E-state index contributed by atoms with van der Waals surface area (Å²) in [4.78, 5) is 15.1. The van der Waals surface area contributed by atoms with Gasteiger partial charge in [-0.25, -0.2) is 4.68 Å². The highest BCUT2D eigenvalue weighted by atomic mass is 16.5. The van der Waals surface area contributed by atoms with Crippen LogP contribution >= 0.6 is 0 Å². The zero-order valence-electron chi connectivity index (χ0n) is 16.1. The highest BCUT2D eigenvalue weighted by Gasteiger charge is 2.30. The van der Waals surface area contributed by atoms with Crippen molar-refractivity contribution >= 4 is 5.91 Å². The van der Waals surface area contributed by atoms with Crippen LogP contribution in [0, 0.1) is 5.92 Å². The number of amides is 1. The number of fused-ring (bicyclic) bond motifs is 1. The summed E-state index contributed by atoms with van der Waals surface area (Å²) in [6.45, 7) is 3.60. The topological polar surface area (TPSA) is 88.9 Å². The fraction of sp³-hybridized carbons (Fsp3) is 0.500. The molecule has 28 heavy (non-hydrogen) atoms. The summed E-state index contributed by atoms with van der Waals surface area (Å²) in [5.74, 6) is 0.704. The number of rotatable bonds is 4. The summed E-state index contributed by atoms with van der Waals surface area (Å²) in [5, 5.41) is 17.5. The Morgan fingerprint density at radius 2 is 2.21 bits per heavy atom. The lowest BCUT2D eigenvalue weighted by molar-refractivity contribution is 0.0710. The van der Waals surface area contributed by atoms with E-state index in [-0.39, 0.29) is 18.4 Å². The quantitative estimate of drug-likeness (QED) is 0.800. The van der Waals surface area contributed by atoms with E-state index in [9.17, 15) is 9.90 Å². The normalized spacial score (nSPS) is 19.8. The SMILES string of the molecule is COc1ccc(-n2nc(C(=O)N3CCNC[C@@H](CO)C3)c3c2CCOC3)cc1. The molecular formula is C20H26N4O4. The van der Waals surface area contributed by atoms with Crippen LogP contribution < -0.4 is 10.1 Å². The molecule has 3 heterocycles. The van der Waals surface area contributed by atoms with Crippen LogP contribution in [0.1, 0.15) is 21.7 Å². The van der Waals surface area contributed by atoms with E-state index >= 15 is 0 Å². The van der Waals surface area contributed by atoms with E-state index in [4.69, 9.17) is 14.6 Å². The molecule has 8 nitrogen and oxygen atoms in total. The number of ether oxygens (including phenoxy) is 2. The van der Waals surface area contributed by atoms with Crippen molar-refractivity contribution in [2.45, 2.75) is 13.0 Å². The molecule has 2 N–H and O–H groups in total. The molecule has 2 aromatic rings. The first-order chi connectivity index (χ1) is 13.7. The summed E-state index contributed by atoms with van der Waals surface area (Å²) in [6, 6.07) is 7.65. The average molecular weight is 386 g/mol. The number of benzene rings is 1. The molecule has 8 heteroatoms. The van der Waals surface area contributed by atoms with Crippen molar-refractivity contribution in [3.8, 4) is 11.4 Å². The van der Waals surface area contributed by atoms with E-state index in [0.717, 1.165) is 22.7 Å². The fourth-order valence-corrected chi connectivity index (χ4v) is 3.79. The molecule has 0 saturated carbocycles. The van der Waals surface area contributed by atoms with Gasteiger partial charge in [0.2, 0.25) is 0 Å². The number of carbonyl (C=O) groups is 1. The largest absolute Gasteiger partial charge is 0.497 e. The van der Waals surface area contributed by atoms with Gasteiger partial charge in [-0.1, -0.05) is 0 Å². The molecular weight excluding hydrogens is 360 g/mol. The summed E-state index contributed by atoms with van der Waals surface area (Å²) in [7, 11) is 1.63. The predicted molar refractivity (Wildman–Crippen MR) is 103 cm³/mol. The molecule has 2 aliphatic rings. The van der Waals surface area contributed by atoms with Crippen LogP contribution in [-0.2, 0) is 17.8 Å². The molecule has 1 fully saturated rings. The monoisotopic (exact) mass is 386 g/mol. The average Bonchev–Trinajstić information content (AvgIpc) is 2.96. The van der Waals surface area contributed by atoms with Gasteiger partial charge in [0, 0.05) is 50.7 Å². The molecule has 0 bridgehead atoms. The van der Waals surface area contributed by atoms with Gasteiger partial charge >= 0.3 is 0 Å². The molecule has 2 aliphatic heterocycles. The number of hydrogen-bond donors (Lipinski definition) is 2. The van der Waals surface area contributed by atoms with E-state index in [2.05, 4.69) is 5.32 Å². The molecule has 1 aromatic heterocycles. The summed E-state index contributed by atoms with van der Waals surface area (Å²) >= 11 is 0. The van der Waals surface area contributed by atoms with Gasteiger partial charge in [-0.2, -0.15) is 5.10 Å². The number of carbonyl (C=O) groups excluding carboxylic acids is 1. The minimum absolute atomic E-state index is 0.0298. The molecule has 150 valence electrons. The number of hydrogen-bond acceptors (Lipinski definition) is 6. The Morgan fingerprint density at radius 3 is 2.96 bits per heavy atom. The lowest BCUT2D eigenvalue weighted by Gasteiger charge is -2.23. The van der Waals surface area contributed by atoms with Crippen LogP contribution in [0.4, 0.5) is 0 Å². The van der Waals surface area contributed by atoms with Crippen LogP contribution in [0.25, 0.3) is 5.69 Å². The van der Waals surface area contributed by atoms with Crippen molar-refractivity contribution < 1.29 is 19.4 Å². The van der Waals surface area contributed by atoms with Gasteiger partial charge in [0.05, 0.1) is 31.7 Å². The van der Waals surface area contributed by atoms with Crippen LogP contribution in [0.5, 0.6) is 5.75 Å². The van der Waals surface area contributed by atoms with E-state index in [0.29, 0.717) is 51.5 Å². The molecule has 1 atom stereocenters. The van der Waals surface area contributed by atoms with Crippen molar-refractivity contribution in [1.29, 1.82) is 0 Å². The van der Waals surface area contributed by atoms with Gasteiger partial charge in [0.1, 0.15) is 5.75 Å². The number of methoxy groups -OCH3 is 1. The van der Waals surface area contributed by atoms with Crippen LogP contribution in [-0.4, -0.2) is 72.2 Å². The zero-order chi connectivity index (χ0) is 19.5. The number of aliphatic hydroxyl groups is 1. The third-order valence-electron chi connectivity index (χ3n) is 5.35. The minimum Gasteiger partial charge on any atom is -0.497 e. The number of aliphatic hydroxyl groups excluding tert-OH is 1. The van der Waals surface area contributed by atoms with Crippen LogP contribution in [0.15, 0.2) is 24.3 Å². The molecule has 1 aromatic carbocycles. The molecule has 1 saturated heterocycles. The lowest BCUT2D eigenvalue weighted by atomic mass is 10.1. The Morgan fingerprint density at radius 1 is 1.39 bits per heavy atom. The van der Waals surface area contributed by atoms with Gasteiger partial charge in [-0.05, 0) is 24.3 Å². The summed E-state index contributed by atoms with van der Waals surface area (Å²) < 4.78 is 12.7. The van der Waals surface area contributed by atoms with E-state index in [1.54, 1.807) is 12.0 Å². The van der Waals surface area contributed by atoms with Gasteiger partial charge in [-0.3, -0.25) is 4.79 Å². The molecule has 0 unspecified atom stereocenters. The molecule has 0 radical (unpaired) electrons. The van der Waals surface area contributed by atoms with Crippen molar-refractivity contribution in [2.24, 2.45) is 5.92 Å². The first kappa shape index (κ1) is 18.9. The zero-order valence-corrected chi connectivity index (χ0v) is 16.1. The van der Waals surface area contributed by atoms with Gasteiger partial charge < -0.3 is 24.8 Å². The second-order valence-corrected chi connectivity index (χ2v) is 7.19. The maximum atomic E-state index is 13.3. The van der Waals surface area contributed by atoms with E-state index < -0.39 is 0 Å². The lowest BCUT2D eigenvalue weighted by Crippen LogP contribution is -2.37. The Bertz CT molecular complexity index is 833. The second-order valence-electron chi connectivity index (χ2n) is 7.19.